The Kier molecular flexibility index (Phi) is 3.89. The molecule has 0 spiro atoms. The van der Waals surface area contributed by atoms with Crippen LogP contribution in [0.3, 0.4) is 0 Å². The quantitative estimate of drug-likeness (QED) is 0.885. The second kappa shape index (κ2) is 5.60. The van der Waals surface area contributed by atoms with Crippen molar-refractivity contribution < 1.29 is 14.3 Å². The van der Waals surface area contributed by atoms with Crippen LogP contribution in [0.4, 0.5) is 16.2 Å². The molecule has 2 rings (SSSR count). The van der Waals surface area contributed by atoms with Gasteiger partial charge in [-0.25, -0.2) is 4.79 Å². The van der Waals surface area contributed by atoms with E-state index in [2.05, 4.69) is 5.32 Å². The first-order valence-electron chi connectivity index (χ1n) is 6.05. The summed E-state index contributed by atoms with van der Waals surface area (Å²) in [4.78, 5) is 26.3. The zero-order chi connectivity index (χ0) is 13.8. The molecule has 0 aromatic heterocycles. The maximum atomic E-state index is 11.8. The molecular formula is C13H17N3O3. The number of nitrogens with zero attached hydrogens (tertiary/aromatic N) is 2. The minimum absolute atomic E-state index is 0.0221. The Morgan fingerprint density at radius 3 is 2.58 bits per heavy atom. The zero-order valence-corrected chi connectivity index (χ0v) is 11.0. The van der Waals surface area contributed by atoms with Gasteiger partial charge < -0.3 is 15.0 Å². The van der Waals surface area contributed by atoms with Crippen molar-refractivity contribution in [2.45, 2.75) is 0 Å². The molecule has 6 nitrogen and oxygen atoms in total. The van der Waals surface area contributed by atoms with Gasteiger partial charge in [-0.1, -0.05) is 0 Å². The Morgan fingerprint density at radius 1 is 1.37 bits per heavy atom. The van der Waals surface area contributed by atoms with Crippen LogP contribution in [0.2, 0.25) is 0 Å². The molecule has 0 radical (unpaired) electrons. The molecule has 1 aromatic rings. The Balaban J connectivity index is 1.89. The first-order chi connectivity index (χ1) is 9.06. The molecule has 0 saturated carbocycles. The van der Waals surface area contributed by atoms with Crippen LogP contribution in [0.1, 0.15) is 0 Å². The van der Waals surface area contributed by atoms with Crippen LogP contribution < -0.4 is 10.2 Å². The van der Waals surface area contributed by atoms with Crippen molar-refractivity contribution in [2.24, 2.45) is 0 Å². The smallest absolute Gasteiger partial charge is 0.410 e. The van der Waals surface area contributed by atoms with E-state index in [-0.39, 0.29) is 12.5 Å². The fourth-order valence-electron chi connectivity index (χ4n) is 1.79. The van der Waals surface area contributed by atoms with Gasteiger partial charge >= 0.3 is 6.09 Å². The van der Waals surface area contributed by atoms with Crippen molar-refractivity contribution in [2.75, 3.05) is 44.0 Å². The highest BCUT2D eigenvalue weighted by Crippen LogP contribution is 2.15. The standard InChI is InChI=1S/C13H17N3O3/c1-15(2)11-5-3-10(4-6-11)14-12(17)9-16-7-8-19-13(16)18/h3-6H,7-9H2,1-2H3,(H,14,17). The second-order valence-electron chi connectivity index (χ2n) is 4.53. The van der Waals surface area contributed by atoms with Crippen molar-refractivity contribution in [3.63, 3.8) is 0 Å². The number of ether oxygens (including phenoxy) is 1. The van der Waals surface area contributed by atoms with Crippen LogP contribution in [0, 0.1) is 0 Å². The summed E-state index contributed by atoms with van der Waals surface area (Å²) in [5.74, 6) is -0.226. The summed E-state index contributed by atoms with van der Waals surface area (Å²) in [6, 6.07) is 7.49. The minimum atomic E-state index is -0.432. The molecule has 1 aliphatic rings. The first kappa shape index (κ1) is 13.2. The third kappa shape index (κ3) is 3.37. The summed E-state index contributed by atoms with van der Waals surface area (Å²) in [6.45, 7) is 0.837. The van der Waals surface area contributed by atoms with Gasteiger partial charge in [0, 0.05) is 25.5 Å². The van der Waals surface area contributed by atoms with Crippen LogP contribution in [0.25, 0.3) is 0 Å². The molecule has 0 aliphatic carbocycles. The molecule has 0 bridgehead atoms. The maximum absolute atomic E-state index is 11.8. The predicted molar refractivity (Wildman–Crippen MR) is 72.3 cm³/mol. The highest BCUT2D eigenvalue weighted by molar-refractivity contribution is 5.94. The Morgan fingerprint density at radius 2 is 2.05 bits per heavy atom. The molecule has 0 atom stereocenters. The van der Waals surface area contributed by atoms with Crippen LogP contribution in [0.5, 0.6) is 0 Å². The average molecular weight is 263 g/mol. The number of benzene rings is 1. The lowest BCUT2D eigenvalue weighted by atomic mass is 10.2. The molecule has 1 aliphatic heterocycles. The third-order valence-corrected chi connectivity index (χ3v) is 2.85. The Hall–Kier alpha value is -2.24. The average Bonchev–Trinajstić information content (AvgIpc) is 2.75. The molecule has 1 fully saturated rings. The normalized spacial score (nSPS) is 14.2. The molecule has 1 heterocycles. The number of hydrogen-bond acceptors (Lipinski definition) is 4. The first-order valence-corrected chi connectivity index (χ1v) is 6.05. The molecule has 0 unspecified atom stereocenters. The molecule has 2 amide bonds. The number of amides is 2. The van der Waals surface area contributed by atoms with Crippen molar-refractivity contribution in [1.82, 2.24) is 4.90 Å². The number of anilines is 2. The number of rotatable bonds is 4. The topological polar surface area (TPSA) is 61.9 Å². The number of nitrogens with one attached hydrogen (secondary N) is 1. The monoisotopic (exact) mass is 263 g/mol. The van der Waals surface area contributed by atoms with E-state index in [1.165, 1.54) is 4.90 Å². The van der Waals surface area contributed by atoms with Crippen LogP contribution in [-0.4, -0.2) is 50.7 Å². The summed E-state index contributed by atoms with van der Waals surface area (Å²) in [5.41, 5.74) is 1.77. The summed E-state index contributed by atoms with van der Waals surface area (Å²) >= 11 is 0. The lowest BCUT2D eigenvalue weighted by Crippen LogP contribution is -2.33. The van der Waals surface area contributed by atoms with Crippen molar-refractivity contribution >= 4 is 23.4 Å². The molecular weight excluding hydrogens is 246 g/mol. The Labute approximate surface area is 111 Å². The van der Waals surface area contributed by atoms with Gasteiger partial charge in [-0.2, -0.15) is 0 Å². The lowest BCUT2D eigenvalue weighted by Gasteiger charge is -2.14. The lowest BCUT2D eigenvalue weighted by molar-refractivity contribution is -0.116. The highest BCUT2D eigenvalue weighted by atomic mass is 16.6. The largest absolute Gasteiger partial charge is 0.448 e. The van der Waals surface area contributed by atoms with E-state index in [0.717, 1.165) is 5.69 Å². The van der Waals surface area contributed by atoms with Crippen molar-refractivity contribution in [3.8, 4) is 0 Å². The summed E-state index contributed by atoms with van der Waals surface area (Å²) < 4.78 is 4.76. The second-order valence-corrected chi connectivity index (χ2v) is 4.53. The summed E-state index contributed by atoms with van der Waals surface area (Å²) in [7, 11) is 3.90. The molecule has 1 aromatic carbocycles. The zero-order valence-electron chi connectivity index (χ0n) is 11.0. The molecule has 1 saturated heterocycles. The van der Waals surface area contributed by atoms with E-state index < -0.39 is 6.09 Å². The van der Waals surface area contributed by atoms with Crippen molar-refractivity contribution in [1.29, 1.82) is 0 Å². The van der Waals surface area contributed by atoms with E-state index in [1.807, 2.05) is 43.3 Å². The van der Waals surface area contributed by atoms with E-state index in [4.69, 9.17) is 4.74 Å². The Bertz CT molecular complexity index is 471. The SMILES string of the molecule is CN(C)c1ccc(NC(=O)CN2CCOC2=O)cc1. The van der Waals surface area contributed by atoms with Crippen molar-refractivity contribution in [3.05, 3.63) is 24.3 Å². The van der Waals surface area contributed by atoms with Gasteiger partial charge in [0.1, 0.15) is 13.2 Å². The molecule has 19 heavy (non-hydrogen) atoms. The fraction of sp³-hybridized carbons (Fsp3) is 0.385. The minimum Gasteiger partial charge on any atom is -0.448 e. The molecule has 1 N–H and O–H groups in total. The van der Waals surface area contributed by atoms with Crippen LogP contribution in [-0.2, 0) is 9.53 Å². The van der Waals surface area contributed by atoms with Gasteiger partial charge in [-0.15, -0.1) is 0 Å². The number of carbonyl (C=O) groups is 2. The van der Waals surface area contributed by atoms with Gasteiger partial charge in [-0.05, 0) is 24.3 Å². The van der Waals surface area contributed by atoms with Gasteiger partial charge in [0.15, 0.2) is 0 Å². The van der Waals surface area contributed by atoms with E-state index >= 15 is 0 Å². The van der Waals surface area contributed by atoms with Gasteiger partial charge in [0.05, 0.1) is 6.54 Å². The summed E-state index contributed by atoms with van der Waals surface area (Å²) in [5, 5.41) is 2.75. The van der Waals surface area contributed by atoms with Gasteiger partial charge in [0.2, 0.25) is 5.91 Å². The predicted octanol–water partition coefficient (Wildman–Crippen LogP) is 1.14. The van der Waals surface area contributed by atoms with Gasteiger partial charge in [-0.3, -0.25) is 9.69 Å². The van der Waals surface area contributed by atoms with E-state index in [0.29, 0.717) is 18.8 Å². The molecule has 102 valence electrons. The number of hydrogen-bond donors (Lipinski definition) is 1. The third-order valence-electron chi connectivity index (χ3n) is 2.85. The highest BCUT2D eigenvalue weighted by Gasteiger charge is 2.23. The maximum Gasteiger partial charge on any atom is 0.410 e. The molecule has 6 heteroatoms. The van der Waals surface area contributed by atoms with E-state index in [9.17, 15) is 9.59 Å². The number of cyclic esters (lactones) is 1. The van der Waals surface area contributed by atoms with Crippen LogP contribution in [0.15, 0.2) is 24.3 Å². The van der Waals surface area contributed by atoms with Crippen LogP contribution >= 0.6 is 0 Å². The van der Waals surface area contributed by atoms with E-state index in [1.54, 1.807) is 0 Å². The van der Waals surface area contributed by atoms with Gasteiger partial charge in [0.25, 0.3) is 0 Å². The summed E-state index contributed by atoms with van der Waals surface area (Å²) in [6.07, 6.45) is -0.432. The fourth-order valence-corrected chi connectivity index (χ4v) is 1.79. The number of carbonyl (C=O) groups excluding carboxylic acids is 2.